The highest BCUT2D eigenvalue weighted by molar-refractivity contribution is 8.76. The van der Waals surface area contributed by atoms with Gasteiger partial charge < -0.3 is 81.2 Å². The second kappa shape index (κ2) is 29.9. The number of urea groups is 1. The number of guanidine groups is 2. The summed E-state index contributed by atoms with van der Waals surface area (Å²) < 4.78 is 0. The minimum atomic E-state index is -1.51. The summed E-state index contributed by atoms with van der Waals surface area (Å²) in [6, 6.07) is 3.58. The average molecular weight is 1160 g/mol. The lowest BCUT2D eigenvalue weighted by molar-refractivity contribution is -0.137. The van der Waals surface area contributed by atoms with E-state index in [1.54, 1.807) is 42.6 Å². The molecule has 4 aromatic rings. The van der Waals surface area contributed by atoms with Crippen molar-refractivity contribution in [1.29, 1.82) is 0 Å². The zero-order valence-electron chi connectivity index (χ0n) is 44.1. The number of carbonyl (C=O) groups is 10. The van der Waals surface area contributed by atoms with Crippen LogP contribution in [0.3, 0.4) is 0 Å². The molecule has 0 saturated carbocycles. The summed E-state index contributed by atoms with van der Waals surface area (Å²) >= 11 is 0. The molecule has 11 amide bonds. The van der Waals surface area contributed by atoms with Crippen LogP contribution in [0.15, 0.2) is 83.3 Å². The molecule has 434 valence electrons. The molecule has 4 heterocycles. The number of nitrogens with zero attached hydrogens (tertiary/aromatic N) is 4. The van der Waals surface area contributed by atoms with Gasteiger partial charge in [0.2, 0.25) is 47.3 Å². The van der Waals surface area contributed by atoms with E-state index in [1.807, 2.05) is 18.2 Å². The van der Waals surface area contributed by atoms with Crippen LogP contribution in [0, 0.1) is 0 Å². The van der Waals surface area contributed by atoms with Crippen LogP contribution in [0.25, 0.3) is 10.9 Å². The van der Waals surface area contributed by atoms with Crippen molar-refractivity contribution in [1.82, 2.24) is 62.4 Å². The summed E-state index contributed by atoms with van der Waals surface area (Å²) in [5.74, 6) is -8.74. The number of rotatable bonds is 18. The largest absolute Gasteiger partial charge is 0.370 e. The Morgan fingerprint density at radius 3 is 1.95 bits per heavy atom. The number of imide groups is 1. The minimum absolute atomic E-state index is 0.0229. The lowest BCUT2D eigenvalue weighted by Crippen LogP contribution is -2.61. The summed E-state index contributed by atoms with van der Waals surface area (Å²) in [7, 11) is 1.92. The molecular formula is C50H67N19O10S2. The molecule has 8 atom stereocenters. The van der Waals surface area contributed by atoms with E-state index in [9.17, 15) is 47.9 Å². The monoisotopic (exact) mass is 1160 g/mol. The molecule has 0 aliphatic carbocycles. The van der Waals surface area contributed by atoms with Gasteiger partial charge in [0.1, 0.15) is 48.3 Å². The van der Waals surface area contributed by atoms with Crippen molar-refractivity contribution in [3.8, 4) is 0 Å². The molecule has 2 aromatic carbocycles. The number of nitrogens with two attached hydrogens (primary N) is 5. The van der Waals surface area contributed by atoms with Crippen molar-refractivity contribution in [2.24, 2.45) is 38.7 Å². The highest BCUT2D eigenvalue weighted by atomic mass is 33.1. The van der Waals surface area contributed by atoms with E-state index < -0.39 is 114 Å². The van der Waals surface area contributed by atoms with Crippen molar-refractivity contribution >= 4 is 104 Å². The van der Waals surface area contributed by atoms with E-state index in [1.165, 1.54) is 19.4 Å². The molecular weight excluding hydrogens is 1090 g/mol. The zero-order chi connectivity index (χ0) is 58.6. The predicted octanol–water partition coefficient (Wildman–Crippen LogP) is -3.76. The molecule has 81 heavy (non-hydrogen) atoms. The Kier molecular flexibility index (Phi) is 22.7. The molecule has 0 bridgehead atoms. The number of aliphatic imine (C=N–C) groups is 2. The summed E-state index contributed by atoms with van der Waals surface area (Å²) in [4.78, 5) is 159. The number of aromatic nitrogens is 3. The molecule has 31 heteroatoms. The number of H-pyrrole nitrogens is 2. The third-order valence-corrected chi connectivity index (χ3v) is 15.3. The third-order valence-electron chi connectivity index (χ3n) is 12.9. The first-order chi connectivity index (χ1) is 38.8. The number of para-hydroxylation sites is 1. The second-order valence-electron chi connectivity index (χ2n) is 18.9. The Labute approximate surface area is 472 Å². The van der Waals surface area contributed by atoms with Gasteiger partial charge in [-0.3, -0.25) is 58.0 Å². The number of fused-ring (bicyclic) bond motifs is 1. The highest BCUT2D eigenvalue weighted by Crippen LogP contribution is 2.25. The maximum atomic E-state index is 14.7. The number of aromatic amines is 2. The van der Waals surface area contributed by atoms with E-state index in [2.05, 4.69) is 67.5 Å². The van der Waals surface area contributed by atoms with Crippen molar-refractivity contribution in [3.05, 3.63) is 90.1 Å². The van der Waals surface area contributed by atoms with Crippen LogP contribution < -0.4 is 71.2 Å². The molecule has 2 aliphatic heterocycles. The number of imidazole rings is 1. The molecule has 8 unspecified atom stereocenters. The maximum absolute atomic E-state index is 14.7. The van der Waals surface area contributed by atoms with Gasteiger partial charge in [0.05, 0.1) is 12.9 Å². The molecule has 2 fully saturated rings. The molecule has 2 aromatic heterocycles. The highest BCUT2D eigenvalue weighted by Gasteiger charge is 2.41. The van der Waals surface area contributed by atoms with Gasteiger partial charge in [-0.05, 0) is 49.8 Å². The van der Waals surface area contributed by atoms with Crippen LogP contribution in [0.4, 0.5) is 4.79 Å². The van der Waals surface area contributed by atoms with Crippen LogP contribution in [0.2, 0.25) is 0 Å². The number of primary amides is 1. The van der Waals surface area contributed by atoms with Crippen LogP contribution in [-0.4, -0.2) is 170 Å². The fourth-order valence-corrected chi connectivity index (χ4v) is 11.0. The Hall–Kier alpha value is -8.87. The minimum Gasteiger partial charge on any atom is -0.370 e. The topological polar surface area (TPSA) is 469 Å². The van der Waals surface area contributed by atoms with Crippen molar-refractivity contribution in [2.75, 3.05) is 31.1 Å². The molecule has 6 rings (SSSR count). The Bertz CT molecular complexity index is 2940. The predicted molar refractivity (Wildman–Crippen MR) is 302 cm³/mol. The molecule has 2 saturated heterocycles. The summed E-state index contributed by atoms with van der Waals surface area (Å²) in [5.41, 5.74) is 30.3. The van der Waals surface area contributed by atoms with Gasteiger partial charge >= 0.3 is 6.03 Å². The SMILES string of the molecule is CC1NC(=O)C(NC(=O)C(CCCN=C(N)N)N2C(=O)CNC2=O)CSSCC(C(N)=O)NC(=O)C(Cc2c[nH]c3ccccc23)NC(=O)C(CCCN=C(N)N)NC(=O)C(Cc2ccccc2)NC(=O)C(Cc2cnc[nH]2)NC1=O. The standard InChI is InChI=1S/C50H67N19O10S2/c1-26-41(72)64-35(19-29-21-56-25-61-29)45(76)65-33(17-27-9-3-2-4-10-27)43(74)63-32(13-7-15-57-48(52)53)42(73)66-34(18-28-20-59-31-12-6-5-11-30(28)31)44(75)67-36(40(51)71)23-80-81-24-37(46(77)62-26)68-47(78)38(14-8-16-58-49(54)55)69-39(70)22-60-50(69)79/h2-6,9-12,20-21,25-26,32-38,59H,7-8,13-19,22-24H2,1H3,(H2,51,71)(H,56,61)(H,60,79)(H,62,77)(H,63,74)(H,64,72)(H,65,76)(H,66,73)(H,67,75)(H,68,78)(H4,52,53,57)(H4,54,55,58). The van der Waals surface area contributed by atoms with Crippen molar-refractivity contribution in [3.63, 3.8) is 0 Å². The van der Waals surface area contributed by atoms with Crippen LogP contribution >= 0.6 is 21.6 Å². The lowest BCUT2D eigenvalue weighted by atomic mass is 10.0. The smallest absolute Gasteiger partial charge is 0.325 e. The maximum Gasteiger partial charge on any atom is 0.325 e. The molecule has 0 radical (unpaired) electrons. The number of nitrogens with one attached hydrogen (secondary N) is 10. The van der Waals surface area contributed by atoms with Gasteiger partial charge in [0.15, 0.2) is 11.9 Å². The third kappa shape index (κ3) is 18.3. The Balaban J connectivity index is 1.38. The zero-order valence-corrected chi connectivity index (χ0v) is 45.7. The Morgan fingerprint density at radius 2 is 1.30 bits per heavy atom. The molecule has 20 N–H and O–H groups in total. The number of hydrogen-bond donors (Lipinski definition) is 15. The fourth-order valence-electron chi connectivity index (χ4n) is 8.65. The Morgan fingerprint density at radius 1 is 0.691 bits per heavy atom. The first-order valence-electron chi connectivity index (χ1n) is 25.7. The first kappa shape index (κ1) is 61.3. The van der Waals surface area contributed by atoms with E-state index in [-0.39, 0.29) is 81.5 Å². The van der Waals surface area contributed by atoms with E-state index in [4.69, 9.17) is 28.7 Å². The first-order valence-corrected chi connectivity index (χ1v) is 28.2. The second-order valence-corrected chi connectivity index (χ2v) is 21.5. The summed E-state index contributed by atoms with van der Waals surface area (Å²) in [6.07, 6.45) is 4.06. The van der Waals surface area contributed by atoms with Gasteiger partial charge in [0, 0.05) is 72.8 Å². The van der Waals surface area contributed by atoms with Gasteiger partial charge in [0.25, 0.3) is 5.91 Å². The lowest BCUT2D eigenvalue weighted by Gasteiger charge is -2.28. The van der Waals surface area contributed by atoms with Gasteiger partial charge in [-0.15, -0.1) is 0 Å². The van der Waals surface area contributed by atoms with Gasteiger partial charge in [-0.1, -0.05) is 70.1 Å². The van der Waals surface area contributed by atoms with Crippen LogP contribution in [0.5, 0.6) is 0 Å². The van der Waals surface area contributed by atoms with Crippen molar-refractivity contribution in [2.45, 2.75) is 100 Å². The van der Waals surface area contributed by atoms with E-state index in [0.29, 0.717) is 16.8 Å². The number of hydrogen-bond acceptors (Lipinski definition) is 15. The quantitative estimate of drug-likeness (QED) is 0.0150. The van der Waals surface area contributed by atoms with Gasteiger partial charge in [-0.2, -0.15) is 0 Å². The number of amides is 11. The van der Waals surface area contributed by atoms with E-state index in [0.717, 1.165) is 37.4 Å². The average Bonchev–Trinajstić information content (AvgIpc) is 4.19. The van der Waals surface area contributed by atoms with Gasteiger partial charge in [-0.25, -0.2) is 9.78 Å². The fraction of sp³-hybridized carbons (Fsp3) is 0.420. The number of carbonyl (C=O) groups excluding carboxylic acids is 10. The molecule has 2 aliphatic rings. The molecule has 0 spiro atoms. The van der Waals surface area contributed by atoms with E-state index >= 15 is 0 Å². The van der Waals surface area contributed by atoms with Crippen LogP contribution in [-0.2, 0) is 62.4 Å². The van der Waals surface area contributed by atoms with Crippen LogP contribution in [0.1, 0.15) is 49.4 Å². The number of benzene rings is 2. The summed E-state index contributed by atoms with van der Waals surface area (Å²) in [6.45, 7) is 0.990. The summed E-state index contributed by atoms with van der Waals surface area (Å²) in [5, 5.41) is 21.8. The molecule has 29 nitrogen and oxygen atoms in total. The van der Waals surface area contributed by atoms with Crippen molar-refractivity contribution < 1.29 is 47.9 Å². The normalized spacial score (nSPS) is 22.4.